The maximum Gasteiger partial charge on any atom is 0.243 e. The number of rotatable bonds is 10. The summed E-state index contributed by atoms with van der Waals surface area (Å²) < 4.78 is 27.5. The lowest BCUT2D eigenvalue weighted by molar-refractivity contribution is -0.140. The van der Waals surface area contributed by atoms with E-state index in [4.69, 9.17) is 11.6 Å². The van der Waals surface area contributed by atoms with Gasteiger partial charge in [0.2, 0.25) is 21.8 Å². The average Bonchev–Trinajstić information content (AvgIpc) is 2.85. The topological polar surface area (TPSA) is 86.8 Å². The first kappa shape index (κ1) is 26.7. The van der Waals surface area contributed by atoms with Gasteiger partial charge in [-0.05, 0) is 47.9 Å². The molecule has 0 spiro atoms. The molecule has 0 saturated carbocycles. The van der Waals surface area contributed by atoms with Gasteiger partial charge in [-0.1, -0.05) is 67.1 Å². The zero-order chi connectivity index (χ0) is 25.6. The van der Waals surface area contributed by atoms with Gasteiger partial charge >= 0.3 is 0 Å². The molecule has 0 fully saturated rings. The number of halogens is 1. The fourth-order valence-electron chi connectivity index (χ4n) is 3.66. The predicted octanol–water partition coefficient (Wildman–Crippen LogP) is 4.06. The van der Waals surface area contributed by atoms with Crippen molar-refractivity contribution in [3.05, 3.63) is 77.3 Å². The van der Waals surface area contributed by atoms with Crippen LogP contribution in [-0.2, 0) is 26.2 Å². The van der Waals surface area contributed by atoms with Gasteiger partial charge in [0.15, 0.2) is 0 Å². The van der Waals surface area contributed by atoms with Crippen LogP contribution in [0.5, 0.6) is 0 Å². The summed E-state index contributed by atoms with van der Waals surface area (Å²) in [6.07, 6.45) is 0.754. The molecule has 1 unspecified atom stereocenters. The van der Waals surface area contributed by atoms with E-state index in [9.17, 15) is 18.0 Å². The smallest absolute Gasteiger partial charge is 0.243 e. The summed E-state index contributed by atoms with van der Waals surface area (Å²) in [6.45, 7) is 3.68. The zero-order valence-electron chi connectivity index (χ0n) is 20.1. The Bertz CT molecular complexity index is 1310. The van der Waals surface area contributed by atoms with Gasteiger partial charge in [-0.3, -0.25) is 9.59 Å². The van der Waals surface area contributed by atoms with Crippen molar-refractivity contribution in [1.29, 1.82) is 0 Å². The van der Waals surface area contributed by atoms with Crippen molar-refractivity contribution in [2.24, 2.45) is 0 Å². The number of sulfonamides is 1. The number of amides is 2. The van der Waals surface area contributed by atoms with Crippen molar-refractivity contribution in [3.63, 3.8) is 0 Å². The van der Waals surface area contributed by atoms with Crippen molar-refractivity contribution < 1.29 is 18.0 Å². The van der Waals surface area contributed by atoms with E-state index < -0.39 is 28.5 Å². The molecule has 0 aliphatic rings. The standard InChI is InChI=1S/C26H30ClN3O4S/c1-4-15-28-26(32)19(2)30(17-22-11-7-8-12-24(22)27)25(31)18-29(3)35(33,34)23-14-13-20-9-5-6-10-21(20)16-23/h5-14,16,19H,4,15,17-18H2,1-3H3,(H,28,32). The highest BCUT2D eigenvalue weighted by Crippen LogP contribution is 2.22. The third-order valence-electron chi connectivity index (χ3n) is 5.80. The van der Waals surface area contributed by atoms with Crippen LogP contribution in [-0.4, -0.2) is 55.6 Å². The molecule has 0 aliphatic heterocycles. The highest BCUT2D eigenvalue weighted by Gasteiger charge is 2.30. The number of fused-ring (bicyclic) bond motifs is 1. The first-order chi connectivity index (χ1) is 16.6. The molecule has 1 atom stereocenters. The van der Waals surface area contributed by atoms with E-state index in [1.807, 2.05) is 31.2 Å². The molecule has 0 heterocycles. The van der Waals surface area contributed by atoms with Crippen LogP contribution >= 0.6 is 11.6 Å². The minimum absolute atomic E-state index is 0.0725. The van der Waals surface area contributed by atoms with Gasteiger partial charge in [0.1, 0.15) is 6.04 Å². The summed E-state index contributed by atoms with van der Waals surface area (Å²) in [5.74, 6) is -0.816. The van der Waals surface area contributed by atoms with Crippen LogP contribution in [0.1, 0.15) is 25.8 Å². The largest absolute Gasteiger partial charge is 0.354 e. The van der Waals surface area contributed by atoms with E-state index in [2.05, 4.69) is 5.32 Å². The monoisotopic (exact) mass is 515 g/mol. The number of hydrogen-bond donors (Lipinski definition) is 1. The van der Waals surface area contributed by atoms with E-state index in [1.54, 1.807) is 43.3 Å². The second kappa shape index (κ2) is 11.7. The van der Waals surface area contributed by atoms with Gasteiger partial charge < -0.3 is 10.2 Å². The maximum atomic E-state index is 13.4. The highest BCUT2D eigenvalue weighted by atomic mass is 35.5. The Kier molecular flexibility index (Phi) is 8.88. The molecule has 186 valence electrons. The maximum absolute atomic E-state index is 13.4. The molecule has 3 rings (SSSR count). The summed E-state index contributed by atoms with van der Waals surface area (Å²) in [4.78, 5) is 27.5. The molecule has 2 amide bonds. The molecule has 35 heavy (non-hydrogen) atoms. The Morgan fingerprint density at radius 3 is 2.34 bits per heavy atom. The fourth-order valence-corrected chi connectivity index (χ4v) is 5.01. The van der Waals surface area contributed by atoms with Crippen molar-refractivity contribution >= 4 is 44.2 Å². The molecule has 0 bridgehead atoms. The molecule has 3 aromatic carbocycles. The SMILES string of the molecule is CCCNC(=O)C(C)N(Cc1ccccc1Cl)C(=O)CN(C)S(=O)(=O)c1ccc2ccccc2c1. The lowest BCUT2D eigenvalue weighted by Gasteiger charge is -2.30. The van der Waals surface area contributed by atoms with Crippen molar-refractivity contribution in [2.45, 2.75) is 37.8 Å². The predicted molar refractivity (Wildman–Crippen MR) is 139 cm³/mol. The number of carbonyl (C=O) groups is 2. The minimum atomic E-state index is -3.94. The quantitative estimate of drug-likeness (QED) is 0.441. The number of nitrogens with zero attached hydrogens (tertiary/aromatic N) is 2. The van der Waals surface area contributed by atoms with Crippen LogP contribution in [0.4, 0.5) is 0 Å². The van der Waals surface area contributed by atoms with Crippen molar-refractivity contribution in [2.75, 3.05) is 20.1 Å². The first-order valence-electron chi connectivity index (χ1n) is 11.4. The van der Waals surface area contributed by atoms with Gasteiger partial charge in [0.25, 0.3) is 0 Å². The third kappa shape index (κ3) is 6.39. The summed E-state index contributed by atoms with van der Waals surface area (Å²) in [6, 6.07) is 18.5. The van der Waals surface area contributed by atoms with Gasteiger partial charge in [-0.2, -0.15) is 4.31 Å². The van der Waals surface area contributed by atoms with Crippen LogP contribution in [0.15, 0.2) is 71.6 Å². The molecule has 0 saturated heterocycles. The first-order valence-corrected chi connectivity index (χ1v) is 13.2. The molecule has 3 aromatic rings. The Balaban J connectivity index is 1.85. The fraction of sp³-hybridized carbons (Fsp3) is 0.308. The molecule has 1 N–H and O–H groups in total. The summed E-state index contributed by atoms with van der Waals surface area (Å²) >= 11 is 6.30. The number of nitrogens with one attached hydrogen (secondary N) is 1. The highest BCUT2D eigenvalue weighted by molar-refractivity contribution is 7.89. The molecule has 0 aromatic heterocycles. The normalized spacial score (nSPS) is 12.5. The second-order valence-electron chi connectivity index (χ2n) is 8.35. The van der Waals surface area contributed by atoms with Gasteiger partial charge in [0.05, 0.1) is 11.4 Å². The molecular weight excluding hydrogens is 486 g/mol. The Labute approximate surface area is 211 Å². The van der Waals surface area contributed by atoms with E-state index in [0.29, 0.717) is 17.1 Å². The van der Waals surface area contributed by atoms with E-state index in [0.717, 1.165) is 21.5 Å². The van der Waals surface area contributed by atoms with Gasteiger partial charge in [-0.15, -0.1) is 0 Å². The Morgan fingerprint density at radius 1 is 1.00 bits per heavy atom. The van der Waals surface area contributed by atoms with Crippen molar-refractivity contribution in [3.8, 4) is 0 Å². The van der Waals surface area contributed by atoms with Gasteiger partial charge in [0, 0.05) is 25.2 Å². The van der Waals surface area contributed by atoms with Gasteiger partial charge in [-0.25, -0.2) is 8.42 Å². The molecule has 7 nitrogen and oxygen atoms in total. The van der Waals surface area contributed by atoms with Crippen LogP contribution in [0.3, 0.4) is 0 Å². The molecular formula is C26H30ClN3O4S. The van der Waals surface area contributed by atoms with Crippen LogP contribution in [0.2, 0.25) is 5.02 Å². The number of carbonyl (C=O) groups excluding carboxylic acids is 2. The number of likely N-dealkylation sites (N-methyl/N-ethyl adjacent to an activating group) is 1. The van der Waals surface area contributed by atoms with Crippen LogP contribution in [0.25, 0.3) is 10.8 Å². The molecule has 0 aliphatic carbocycles. The molecule has 0 radical (unpaired) electrons. The summed E-state index contributed by atoms with van der Waals surface area (Å²) in [5, 5.41) is 4.96. The lowest BCUT2D eigenvalue weighted by atomic mass is 10.1. The number of hydrogen-bond acceptors (Lipinski definition) is 4. The van der Waals surface area contributed by atoms with E-state index >= 15 is 0 Å². The summed E-state index contributed by atoms with van der Waals surface area (Å²) in [5.41, 5.74) is 0.665. The van der Waals surface area contributed by atoms with E-state index in [-0.39, 0.29) is 17.3 Å². The molecule has 9 heteroatoms. The van der Waals surface area contributed by atoms with Crippen LogP contribution in [0, 0.1) is 0 Å². The summed E-state index contributed by atoms with van der Waals surface area (Å²) in [7, 11) is -2.58. The number of benzene rings is 3. The van der Waals surface area contributed by atoms with Crippen LogP contribution < -0.4 is 5.32 Å². The zero-order valence-corrected chi connectivity index (χ0v) is 21.6. The van der Waals surface area contributed by atoms with Crippen molar-refractivity contribution in [1.82, 2.24) is 14.5 Å². The minimum Gasteiger partial charge on any atom is -0.354 e. The average molecular weight is 516 g/mol. The Morgan fingerprint density at radius 2 is 1.66 bits per heavy atom. The lowest BCUT2D eigenvalue weighted by Crippen LogP contribution is -2.50. The second-order valence-corrected chi connectivity index (χ2v) is 10.8. The van der Waals surface area contributed by atoms with E-state index in [1.165, 1.54) is 18.0 Å². The Hall–Kier alpha value is -2.94. The third-order valence-corrected chi connectivity index (χ3v) is 7.97.